The number of urea groups is 1. The van der Waals surface area contributed by atoms with Gasteiger partial charge >= 0.3 is 6.03 Å². The number of anilines is 1. The molecular weight excluding hydrogens is 346 g/mol. The minimum atomic E-state index is -0.133. The molecule has 0 unspecified atom stereocenters. The molecule has 144 valence electrons. The van der Waals surface area contributed by atoms with E-state index in [1.165, 1.54) is 6.07 Å². The van der Waals surface area contributed by atoms with E-state index in [1.54, 1.807) is 29.7 Å². The zero-order valence-corrected chi connectivity index (χ0v) is 15.9. The average molecular weight is 371 g/mol. The molecule has 0 radical (unpaired) electrons. The van der Waals surface area contributed by atoms with Gasteiger partial charge in [0, 0.05) is 56.5 Å². The van der Waals surface area contributed by atoms with E-state index < -0.39 is 0 Å². The molecule has 1 aliphatic heterocycles. The standard InChI is InChI=1S/C20H25N3O4/c1-14-11-18(13-19(24)22(14)2)27-16-7-9-23(10-8-16)20(25)21-15-5-4-6-17(12-15)26-3/h4-6,11-13,16H,7-10H2,1-3H3,(H,21,25). The lowest BCUT2D eigenvalue weighted by Gasteiger charge is -2.32. The summed E-state index contributed by atoms with van der Waals surface area (Å²) in [6, 6.07) is 10.5. The summed E-state index contributed by atoms with van der Waals surface area (Å²) in [6.07, 6.45) is 1.44. The molecule has 0 atom stereocenters. The van der Waals surface area contributed by atoms with Gasteiger partial charge in [0.2, 0.25) is 0 Å². The van der Waals surface area contributed by atoms with Crippen molar-refractivity contribution in [2.75, 3.05) is 25.5 Å². The zero-order valence-electron chi connectivity index (χ0n) is 15.9. The van der Waals surface area contributed by atoms with Gasteiger partial charge in [0.25, 0.3) is 5.56 Å². The van der Waals surface area contributed by atoms with Crippen LogP contribution in [0.4, 0.5) is 10.5 Å². The number of nitrogens with one attached hydrogen (secondary N) is 1. The predicted octanol–water partition coefficient (Wildman–Crippen LogP) is 2.78. The lowest BCUT2D eigenvalue weighted by molar-refractivity contribution is 0.115. The topological polar surface area (TPSA) is 72.8 Å². The molecule has 3 rings (SSSR count). The Balaban J connectivity index is 1.54. The molecule has 1 N–H and O–H groups in total. The van der Waals surface area contributed by atoms with E-state index in [1.807, 2.05) is 31.2 Å². The molecule has 2 heterocycles. The average Bonchev–Trinajstić information content (AvgIpc) is 2.66. The predicted molar refractivity (Wildman–Crippen MR) is 104 cm³/mol. The summed E-state index contributed by atoms with van der Waals surface area (Å²) in [5.74, 6) is 1.29. The van der Waals surface area contributed by atoms with E-state index in [9.17, 15) is 9.59 Å². The molecule has 1 saturated heterocycles. The Morgan fingerprint density at radius 3 is 2.56 bits per heavy atom. The maximum Gasteiger partial charge on any atom is 0.321 e. The maximum atomic E-state index is 12.4. The molecule has 1 aliphatic rings. The quantitative estimate of drug-likeness (QED) is 0.897. The second-order valence-electron chi connectivity index (χ2n) is 6.70. The fourth-order valence-corrected chi connectivity index (χ4v) is 3.08. The number of aromatic nitrogens is 1. The van der Waals surface area contributed by atoms with Crippen molar-refractivity contribution in [3.05, 3.63) is 52.4 Å². The molecule has 2 amide bonds. The third kappa shape index (κ3) is 4.61. The van der Waals surface area contributed by atoms with Gasteiger partial charge < -0.3 is 24.3 Å². The normalized spacial score (nSPS) is 14.7. The Kier molecular flexibility index (Phi) is 5.69. The maximum absolute atomic E-state index is 12.4. The van der Waals surface area contributed by atoms with Gasteiger partial charge in [-0.1, -0.05) is 6.07 Å². The molecule has 1 aromatic carbocycles. The molecule has 0 bridgehead atoms. The van der Waals surface area contributed by atoms with Crippen molar-refractivity contribution in [1.82, 2.24) is 9.47 Å². The highest BCUT2D eigenvalue weighted by atomic mass is 16.5. The van der Waals surface area contributed by atoms with Crippen LogP contribution in [0.3, 0.4) is 0 Å². The highest BCUT2D eigenvalue weighted by Crippen LogP contribution is 2.21. The monoisotopic (exact) mass is 371 g/mol. The third-order valence-electron chi connectivity index (χ3n) is 4.83. The van der Waals surface area contributed by atoms with E-state index in [0.717, 1.165) is 18.5 Å². The summed E-state index contributed by atoms with van der Waals surface area (Å²) in [5.41, 5.74) is 1.47. The van der Waals surface area contributed by atoms with Crippen molar-refractivity contribution in [1.29, 1.82) is 0 Å². The highest BCUT2D eigenvalue weighted by Gasteiger charge is 2.24. The van der Waals surface area contributed by atoms with Crippen LogP contribution in [-0.4, -0.2) is 41.8 Å². The SMILES string of the molecule is COc1cccc(NC(=O)N2CCC(Oc3cc(C)n(C)c(=O)c3)CC2)c1. The van der Waals surface area contributed by atoms with Crippen LogP contribution in [0, 0.1) is 6.92 Å². The van der Waals surface area contributed by atoms with Gasteiger partial charge in [-0.3, -0.25) is 4.79 Å². The van der Waals surface area contributed by atoms with Gasteiger partial charge in [-0.2, -0.15) is 0 Å². The number of nitrogens with zero attached hydrogens (tertiary/aromatic N) is 2. The zero-order chi connectivity index (χ0) is 19.4. The number of carbonyl (C=O) groups excluding carboxylic acids is 1. The van der Waals surface area contributed by atoms with Crippen LogP contribution in [0.1, 0.15) is 18.5 Å². The number of benzene rings is 1. The summed E-state index contributed by atoms with van der Waals surface area (Å²) in [5, 5.41) is 2.89. The summed E-state index contributed by atoms with van der Waals surface area (Å²) in [4.78, 5) is 26.1. The minimum absolute atomic E-state index is 0.00243. The van der Waals surface area contributed by atoms with Crippen molar-refractivity contribution in [3.63, 3.8) is 0 Å². The molecule has 7 heteroatoms. The molecule has 0 spiro atoms. The molecule has 1 fully saturated rings. The van der Waals surface area contributed by atoms with Crippen LogP contribution < -0.4 is 20.3 Å². The number of carbonyl (C=O) groups is 1. The van der Waals surface area contributed by atoms with E-state index in [-0.39, 0.29) is 17.7 Å². The first-order valence-electron chi connectivity index (χ1n) is 9.00. The number of aryl methyl sites for hydroxylation is 1. The Hall–Kier alpha value is -2.96. The summed E-state index contributed by atoms with van der Waals surface area (Å²) >= 11 is 0. The summed E-state index contributed by atoms with van der Waals surface area (Å²) < 4.78 is 12.7. The van der Waals surface area contributed by atoms with Gasteiger partial charge in [0.05, 0.1) is 7.11 Å². The number of rotatable bonds is 4. The van der Waals surface area contributed by atoms with Gasteiger partial charge in [0.15, 0.2) is 0 Å². The number of likely N-dealkylation sites (tertiary alicyclic amines) is 1. The first-order valence-corrected chi connectivity index (χ1v) is 9.00. The van der Waals surface area contributed by atoms with Crippen LogP contribution in [-0.2, 0) is 7.05 Å². The van der Waals surface area contributed by atoms with Crippen molar-refractivity contribution < 1.29 is 14.3 Å². The van der Waals surface area contributed by atoms with E-state index >= 15 is 0 Å². The molecule has 0 saturated carbocycles. The summed E-state index contributed by atoms with van der Waals surface area (Å²) in [7, 11) is 3.33. The Morgan fingerprint density at radius 1 is 1.15 bits per heavy atom. The Morgan fingerprint density at radius 2 is 1.89 bits per heavy atom. The number of ether oxygens (including phenoxy) is 2. The number of hydrogen-bond acceptors (Lipinski definition) is 4. The second kappa shape index (κ2) is 8.16. The van der Waals surface area contributed by atoms with Crippen LogP contribution in [0.25, 0.3) is 0 Å². The summed E-state index contributed by atoms with van der Waals surface area (Å²) in [6.45, 7) is 3.08. The number of pyridine rings is 1. The fourth-order valence-electron chi connectivity index (χ4n) is 3.08. The number of amides is 2. The van der Waals surface area contributed by atoms with Crippen molar-refractivity contribution in [3.8, 4) is 11.5 Å². The van der Waals surface area contributed by atoms with Crippen LogP contribution >= 0.6 is 0 Å². The number of methoxy groups -OCH3 is 1. The Labute approximate surface area is 158 Å². The van der Waals surface area contributed by atoms with Gasteiger partial charge in [-0.15, -0.1) is 0 Å². The second-order valence-corrected chi connectivity index (χ2v) is 6.70. The van der Waals surface area contributed by atoms with Crippen LogP contribution in [0.15, 0.2) is 41.2 Å². The molecule has 0 aliphatic carbocycles. The van der Waals surface area contributed by atoms with Gasteiger partial charge in [-0.25, -0.2) is 4.79 Å². The third-order valence-corrected chi connectivity index (χ3v) is 4.83. The largest absolute Gasteiger partial charge is 0.497 e. The molecule has 27 heavy (non-hydrogen) atoms. The molecule has 1 aromatic heterocycles. The van der Waals surface area contributed by atoms with Gasteiger partial charge in [0.1, 0.15) is 17.6 Å². The highest BCUT2D eigenvalue weighted by molar-refractivity contribution is 5.89. The number of piperidine rings is 1. The minimum Gasteiger partial charge on any atom is -0.497 e. The van der Waals surface area contributed by atoms with E-state index in [4.69, 9.17) is 9.47 Å². The van der Waals surface area contributed by atoms with E-state index in [0.29, 0.717) is 30.3 Å². The van der Waals surface area contributed by atoms with Crippen molar-refractivity contribution in [2.24, 2.45) is 7.05 Å². The molecule has 2 aromatic rings. The number of hydrogen-bond donors (Lipinski definition) is 1. The van der Waals surface area contributed by atoms with Crippen molar-refractivity contribution >= 4 is 11.7 Å². The van der Waals surface area contributed by atoms with E-state index in [2.05, 4.69) is 5.32 Å². The lowest BCUT2D eigenvalue weighted by Crippen LogP contribution is -2.43. The van der Waals surface area contributed by atoms with Crippen molar-refractivity contribution in [2.45, 2.75) is 25.9 Å². The molecule has 7 nitrogen and oxygen atoms in total. The fraction of sp³-hybridized carbons (Fsp3) is 0.400. The smallest absolute Gasteiger partial charge is 0.321 e. The Bertz CT molecular complexity index is 870. The van der Waals surface area contributed by atoms with Crippen LogP contribution in [0.5, 0.6) is 11.5 Å². The van der Waals surface area contributed by atoms with Gasteiger partial charge in [-0.05, 0) is 25.1 Å². The lowest BCUT2D eigenvalue weighted by atomic mass is 10.1. The first kappa shape index (κ1) is 18.8. The first-order chi connectivity index (χ1) is 13.0. The molecular formula is C20H25N3O4. The van der Waals surface area contributed by atoms with Crippen LogP contribution in [0.2, 0.25) is 0 Å².